The Morgan fingerprint density at radius 1 is 1.16 bits per heavy atom. The number of hydrogen-bond donors (Lipinski definition) is 2. The third-order valence-corrected chi connectivity index (χ3v) is 5.09. The van der Waals surface area contributed by atoms with Crippen molar-refractivity contribution in [2.24, 2.45) is 0 Å². The van der Waals surface area contributed by atoms with E-state index < -0.39 is 0 Å². The van der Waals surface area contributed by atoms with Crippen LogP contribution >= 0.6 is 0 Å². The average molecular weight is 418 g/mol. The van der Waals surface area contributed by atoms with Crippen LogP contribution in [-0.2, 0) is 0 Å². The van der Waals surface area contributed by atoms with E-state index in [0.29, 0.717) is 22.7 Å². The average Bonchev–Trinajstić information content (AvgIpc) is 3.15. The van der Waals surface area contributed by atoms with Gasteiger partial charge in [0.15, 0.2) is 5.65 Å². The van der Waals surface area contributed by atoms with E-state index in [2.05, 4.69) is 20.7 Å². The zero-order valence-electron chi connectivity index (χ0n) is 17.6. The maximum atomic E-state index is 13.8. The van der Waals surface area contributed by atoms with Crippen LogP contribution in [-0.4, -0.2) is 31.7 Å². The quantitative estimate of drug-likeness (QED) is 0.486. The first-order valence-corrected chi connectivity index (χ1v) is 10.1. The fourth-order valence-electron chi connectivity index (χ4n) is 3.27. The summed E-state index contributed by atoms with van der Waals surface area (Å²) in [6.45, 7) is 5.65. The predicted octanol–water partition coefficient (Wildman–Crippen LogP) is 4.83. The van der Waals surface area contributed by atoms with E-state index in [1.807, 2.05) is 32.0 Å². The van der Waals surface area contributed by atoms with Crippen molar-refractivity contribution in [1.29, 1.82) is 0 Å². The van der Waals surface area contributed by atoms with Gasteiger partial charge in [0, 0.05) is 29.6 Å². The minimum Gasteiger partial charge on any atom is -0.335 e. The summed E-state index contributed by atoms with van der Waals surface area (Å²) in [5.41, 5.74) is 4.15. The van der Waals surface area contributed by atoms with Gasteiger partial charge < -0.3 is 5.32 Å². The van der Waals surface area contributed by atoms with Gasteiger partial charge in [-0.2, -0.15) is 5.10 Å². The van der Waals surface area contributed by atoms with Gasteiger partial charge in [-0.05, 0) is 68.3 Å². The Hall–Kier alpha value is -3.81. The highest BCUT2D eigenvalue weighted by Gasteiger charge is 2.18. The van der Waals surface area contributed by atoms with Crippen LogP contribution in [0.25, 0.3) is 28.2 Å². The molecule has 0 aliphatic rings. The van der Waals surface area contributed by atoms with Gasteiger partial charge in [0.25, 0.3) is 0 Å². The molecule has 4 rings (SSSR count). The molecule has 1 unspecified atom stereocenters. The number of benzene rings is 1. The molecule has 3 aromatic heterocycles. The molecule has 7 nitrogen and oxygen atoms in total. The SMILES string of the molecule is CCC(C)NC(=O)Nc1cc(-c2c(-c3ccc(F)c(C)c3)nc3cccnn23)ccn1. The summed E-state index contributed by atoms with van der Waals surface area (Å²) in [4.78, 5) is 21.2. The second-order valence-corrected chi connectivity index (χ2v) is 7.40. The van der Waals surface area contributed by atoms with Gasteiger partial charge in [-0.15, -0.1) is 0 Å². The molecule has 1 atom stereocenters. The Bertz CT molecular complexity index is 1250. The van der Waals surface area contributed by atoms with Crippen LogP contribution in [0.3, 0.4) is 0 Å². The largest absolute Gasteiger partial charge is 0.335 e. The number of pyridine rings is 1. The summed E-state index contributed by atoms with van der Waals surface area (Å²) < 4.78 is 15.6. The second kappa shape index (κ2) is 8.51. The molecule has 4 aromatic rings. The van der Waals surface area contributed by atoms with Gasteiger partial charge in [0.1, 0.15) is 17.3 Å². The summed E-state index contributed by atoms with van der Waals surface area (Å²) in [5.74, 6) is 0.139. The van der Waals surface area contributed by atoms with Crippen molar-refractivity contribution in [2.45, 2.75) is 33.2 Å². The Labute approximate surface area is 179 Å². The third-order valence-electron chi connectivity index (χ3n) is 5.09. The van der Waals surface area contributed by atoms with E-state index in [1.54, 1.807) is 42.0 Å². The lowest BCUT2D eigenvalue weighted by atomic mass is 10.0. The van der Waals surface area contributed by atoms with Crippen LogP contribution in [0.2, 0.25) is 0 Å². The van der Waals surface area contributed by atoms with E-state index in [0.717, 1.165) is 23.2 Å². The molecule has 0 fully saturated rings. The highest BCUT2D eigenvalue weighted by atomic mass is 19.1. The molecule has 2 amide bonds. The number of urea groups is 1. The number of anilines is 1. The molecule has 0 saturated carbocycles. The van der Waals surface area contributed by atoms with Crippen molar-refractivity contribution in [3.8, 4) is 22.5 Å². The van der Waals surface area contributed by atoms with Gasteiger partial charge in [-0.25, -0.2) is 23.7 Å². The summed E-state index contributed by atoms with van der Waals surface area (Å²) in [5, 5.41) is 10.1. The number of rotatable bonds is 5. The minimum atomic E-state index is -0.315. The lowest BCUT2D eigenvalue weighted by Crippen LogP contribution is -2.35. The number of carbonyl (C=O) groups is 1. The molecule has 0 spiro atoms. The lowest BCUT2D eigenvalue weighted by Gasteiger charge is -2.12. The molecule has 0 bridgehead atoms. The first-order valence-electron chi connectivity index (χ1n) is 10.1. The number of fused-ring (bicyclic) bond motifs is 1. The number of imidazole rings is 1. The molecular formula is C23H23FN6O. The molecule has 158 valence electrons. The van der Waals surface area contributed by atoms with Gasteiger partial charge in [-0.1, -0.05) is 6.92 Å². The summed E-state index contributed by atoms with van der Waals surface area (Å²) in [7, 11) is 0. The highest BCUT2D eigenvalue weighted by Crippen LogP contribution is 2.33. The van der Waals surface area contributed by atoms with E-state index in [9.17, 15) is 9.18 Å². The standard InChI is InChI=1S/C23H23FN6O/c1-4-15(3)27-23(31)28-19-13-17(9-11-25-19)22-21(16-7-8-18(24)14(2)12-16)29-20-6-5-10-26-30(20)22/h5-13,15H,4H2,1-3H3,(H2,25,27,28,31). The predicted molar refractivity (Wildman–Crippen MR) is 118 cm³/mol. The molecule has 0 saturated heterocycles. The number of amides is 2. The summed E-state index contributed by atoms with van der Waals surface area (Å²) in [6.07, 6.45) is 4.13. The first-order chi connectivity index (χ1) is 15.0. The maximum Gasteiger partial charge on any atom is 0.320 e. The van der Waals surface area contributed by atoms with Crippen molar-refractivity contribution in [3.05, 3.63) is 66.2 Å². The maximum absolute atomic E-state index is 13.8. The molecule has 0 radical (unpaired) electrons. The smallest absolute Gasteiger partial charge is 0.320 e. The van der Waals surface area contributed by atoms with Gasteiger partial charge in [0.05, 0.1) is 5.69 Å². The van der Waals surface area contributed by atoms with E-state index in [-0.39, 0.29) is 17.9 Å². The molecule has 3 heterocycles. The lowest BCUT2D eigenvalue weighted by molar-refractivity contribution is 0.249. The Morgan fingerprint density at radius 3 is 2.77 bits per heavy atom. The zero-order chi connectivity index (χ0) is 22.0. The van der Waals surface area contributed by atoms with E-state index in [4.69, 9.17) is 4.98 Å². The Balaban J connectivity index is 1.79. The van der Waals surface area contributed by atoms with Crippen LogP contribution in [0.1, 0.15) is 25.8 Å². The molecule has 0 aliphatic carbocycles. The number of halogens is 1. The van der Waals surface area contributed by atoms with Gasteiger partial charge in [0.2, 0.25) is 0 Å². The number of nitrogens with one attached hydrogen (secondary N) is 2. The van der Waals surface area contributed by atoms with Crippen LogP contribution in [0.4, 0.5) is 15.0 Å². The summed E-state index contributed by atoms with van der Waals surface area (Å²) in [6, 6.07) is 11.9. The van der Waals surface area contributed by atoms with Crippen molar-refractivity contribution in [3.63, 3.8) is 0 Å². The Morgan fingerprint density at radius 2 is 2.00 bits per heavy atom. The third kappa shape index (κ3) is 4.23. The first kappa shape index (κ1) is 20.5. The number of aryl methyl sites for hydroxylation is 1. The van der Waals surface area contributed by atoms with Crippen molar-refractivity contribution < 1.29 is 9.18 Å². The van der Waals surface area contributed by atoms with Crippen LogP contribution in [0, 0.1) is 12.7 Å². The van der Waals surface area contributed by atoms with Crippen LogP contribution in [0.15, 0.2) is 54.9 Å². The van der Waals surface area contributed by atoms with Crippen LogP contribution in [0.5, 0.6) is 0 Å². The molecule has 0 aliphatic heterocycles. The Kier molecular flexibility index (Phi) is 5.62. The van der Waals surface area contributed by atoms with Crippen LogP contribution < -0.4 is 10.6 Å². The molecule has 31 heavy (non-hydrogen) atoms. The summed E-state index contributed by atoms with van der Waals surface area (Å²) >= 11 is 0. The molecule has 8 heteroatoms. The number of aromatic nitrogens is 4. The van der Waals surface area contributed by atoms with Gasteiger partial charge >= 0.3 is 6.03 Å². The fraction of sp³-hybridized carbons (Fsp3) is 0.217. The zero-order valence-corrected chi connectivity index (χ0v) is 17.6. The molecule has 1 aromatic carbocycles. The van der Waals surface area contributed by atoms with Crippen molar-refractivity contribution in [2.75, 3.05) is 5.32 Å². The normalized spacial score (nSPS) is 12.0. The topological polar surface area (TPSA) is 84.2 Å². The fourth-order valence-corrected chi connectivity index (χ4v) is 3.27. The number of nitrogens with zero attached hydrogens (tertiary/aromatic N) is 4. The number of carbonyl (C=O) groups excluding carboxylic acids is 1. The minimum absolute atomic E-state index is 0.0551. The molecular weight excluding hydrogens is 395 g/mol. The van der Waals surface area contributed by atoms with Crippen molar-refractivity contribution >= 4 is 17.5 Å². The highest BCUT2D eigenvalue weighted by molar-refractivity contribution is 5.90. The van der Waals surface area contributed by atoms with Gasteiger partial charge in [-0.3, -0.25) is 5.32 Å². The van der Waals surface area contributed by atoms with E-state index >= 15 is 0 Å². The molecule has 2 N–H and O–H groups in total. The number of hydrogen-bond acceptors (Lipinski definition) is 4. The monoisotopic (exact) mass is 418 g/mol. The van der Waals surface area contributed by atoms with Crippen molar-refractivity contribution in [1.82, 2.24) is 24.9 Å². The van der Waals surface area contributed by atoms with E-state index in [1.165, 1.54) is 6.07 Å². The second-order valence-electron chi connectivity index (χ2n) is 7.40.